The van der Waals surface area contributed by atoms with Crippen molar-refractivity contribution in [3.63, 3.8) is 0 Å². The zero-order valence-electron chi connectivity index (χ0n) is 11.0. The molecule has 0 spiro atoms. The van der Waals surface area contributed by atoms with E-state index in [2.05, 4.69) is 48.2 Å². The molecule has 1 saturated carbocycles. The zero-order chi connectivity index (χ0) is 12.2. The lowest BCUT2D eigenvalue weighted by atomic mass is 9.74. The Morgan fingerprint density at radius 3 is 2.72 bits per heavy atom. The lowest BCUT2D eigenvalue weighted by molar-refractivity contribution is 0.255. The van der Waals surface area contributed by atoms with Gasteiger partial charge in [0.25, 0.3) is 0 Å². The van der Waals surface area contributed by atoms with Gasteiger partial charge in [0.2, 0.25) is 0 Å². The molecule has 0 saturated heterocycles. The molecule has 2 unspecified atom stereocenters. The lowest BCUT2D eigenvalue weighted by Gasteiger charge is -2.36. The molecule has 18 heavy (non-hydrogen) atoms. The third-order valence-corrected chi connectivity index (χ3v) is 5.69. The van der Waals surface area contributed by atoms with Gasteiger partial charge in [0.1, 0.15) is 0 Å². The molecule has 96 valence electrons. The molecule has 0 bridgehead atoms. The van der Waals surface area contributed by atoms with Crippen molar-refractivity contribution in [2.24, 2.45) is 11.8 Å². The largest absolute Gasteiger partial charge is 0.126 e. The summed E-state index contributed by atoms with van der Waals surface area (Å²) in [6.45, 7) is 0. The normalized spacial score (nSPS) is 27.4. The first kappa shape index (κ1) is 12.3. The van der Waals surface area contributed by atoms with Crippen LogP contribution < -0.4 is 0 Å². The molecule has 2 aliphatic rings. The average Bonchev–Trinajstić information content (AvgIpc) is 2.46. The van der Waals surface area contributed by atoms with Crippen LogP contribution in [0.25, 0.3) is 0 Å². The highest BCUT2D eigenvalue weighted by atomic mass is 32.2. The van der Waals surface area contributed by atoms with Crippen LogP contribution in [0.15, 0.2) is 41.3 Å². The predicted octanol–water partition coefficient (Wildman–Crippen LogP) is 5.40. The molecule has 0 nitrogen and oxygen atoms in total. The molecule has 0 N–H and O–H groups in total. The number of allylic oxidation sites excluding steroid dienone is 2. The Morgan fingerprint density at radius 1 is 1.00 bits per heavy atom. The fourth-order valence-corrected chi connectivity index (χ4v) is 4.71. The number of rotatable bonds is 3. The highest BCUT2D eigenvalue weighted by molar-refractivity contribution is 8.02. The van der Waals surface area contributed by atoms with Crippen LogP contribution in [0.2, 0.25) is 0 Å². The minimum absolute atomic E-state index is 0.904. The maximum atomic E-state index is 2.53. The van der Waals surface area contributed by atoms with Gasteiger partial charge in [-0.1, -0.05) is 49.2 Å². The van der Waals surface area contributed by atoms with Crippen molar-refractivity contribution in [1.29, 1.82) is 0 Å². The molecule has 0 aromatic heterocycles. The van der Waals surface area contributed by atoms with E-state index in [0.29, 0.717) is 0 Å². The maximum Gasteiger partial charge on any atom is 0.0228 e. The van der Waals surface area contributed by atoms with Crippen LogP contribution >= 0.6 is 11.8 Å². The Balaban J connectivity index is 1.63. The second-order valence-electron chi connectivity index (χ2n) is 5.61. The number of fused-ring (bicyclic) bond motifs is 1. The van der Waals surface area contributed by atoms with E-state index in [0.717, 1.165) is 17.6 Å². The fraction of sp³-hybridized carbons (Fsp3) is 0.529. The van der Waals surface area contributed by atoms with Crippen LogP contribution in [0.4, 0.5) is 0 Å². The quantitative estimate of drug-likeness (QED) is 0.699. The Hall–Kier alpha value is -0.690. The third kappa shape index (κ3) is 2.83. The van der Waals surface area contributed by atoms with Crippen molar-refractivity contribution in [2.75, 3.05) is 0 Å². The summed E-state index contributed by atoms with van der Waals surface area (Å²) in [5.41, 5.74) is 1.46. The summed E-state index contributed by atoms with van der Waals surface area (Å²) in [4.78, 5) is 1.70. The molecule has 1 fully saturated rings. The SMILES string of the molecule is C1=C(SCc2ccccc2)C2CCCCC2CC1. The van der Waals surface area contributed by atoms with E-state index in [4.69, 9.17) is 0 Å². The average molecular weight is 258 g/mol. The molecule has 0 amide bonds. The minimum Gasteiger partial charge on any atom is -0.126 e. The number of hydrogen-bond acceptors (Lipinski definition) is 1. The number of benzene rings is 1. The highest BCUT2D eigenvalue weighted by Crippen LogP contribution is 2.45. The second-order valence-corrected chi connectivity index (χ2v) is 6.66. The van der Waals surface area contributed by atoms with Crippen LogP contribution in [0, 0.1) is 11.8 Å². The molecule has 0 heterocycles. The molecule has 0 aliphatic heterocycles. The maximum absolute atomic E-state index is 2.53. The van der Waals surface area contributed by atoms with Gasteiger partial charge in [0, 0.05) is 5.75 Å². The standard InChI is InChI=1S/C17H22S/c1-2-7-14(8-3-1)13-18-17-12-6-10-15-9-4-5-11-16(15)17/h1-3,7-8,12,15-16H,4-6,9-11,13H2. The van der Waals surface area contributed by atoms with Gasteiger partial charge in [0.05, 0.1) is 0 Å². The topological polar surface area (TPSA) is 0 Å². The van der Waals surface area contributed by atoms with Crippen LogP contribution in [0.5, 0.6) is 0 Å². The number of hydrogen-bond donors (Lipinski definition) is 0. The number of thioether (sulfide) groups is 1. The van der Waals surface area contributed by atoms with Crippen LogP contribution in [-0.2, 0) is 5.75 Å². The Labute approximate surface area is 115 Å². The molecule has 2 aliphatic carbocycles. The zero-order valence-corrected chi connectivity index (χ0v) is 11.8. The Bertz CT molecular complexity index is 407. The molecule has 2 atom stereocenters. The van der Waals surface area contributed by atoms with Crippen molar-refractivity contribution in [3.05, 3.63) is 46.9 Å². The first-order chi connectivity index (χ1) is 8.93. The smallest absolute Gasteiger partial charge is 0.0228 e. The Kier molecular flexibility index (Phi) is 4.09. The van der Waals surface area contributed by atoms with Gasteiger partial charge in [-0.25, -0.2) is 0 Å². The monoisotopic (exact) mass is 258 g/mol. The van der Waals surface area contributed by atoms with Crippen molar-refractivity contribution in [2.45, 2.75) is 44.3 Å². The third-order valence-electron chi connectivity index (χ3n) is 4.41. The van der Waals surface area contributed by atoms with Gasteiger partial charge in [-0.3, -0.25) is 0 Å². The van der Waals surface area contributed by atoms with Crippen molar-refractivity contribution in [3.8, 4) is 0 Å². The van der Waals surface area contributed by atoms with E-state index in [1.165, 1.54) is 44.1 Å². The fourth-order valence-electron chi connectivity index (χ4n) is 3.43. The molecule has 0 radical (unpaired) electrons. The molecular formula is C17H22S. The molecule has 1 heteroatoms. The highest BCUT2D eigenvalue weighted by Gasteiger charge is 2.30. The van der Waals surface area contributed by atoms with E-state index in [1.54, 1.807) is 4.91 Å². The van der Waals surface area contributed by atoms with E-state index >= 15 is 0 Å². The summed E-state index contributed by atoms with van der Waals surface area (Å²) in [5, 5.41) is 0. The summed E-state index contributed by atoms with van der Waals surface area (Å²) in [6, 6.07) is 10.9. The van der Waals surface area contributed by atoms with Crippen molar-refractivity contribution >= 4 is 11.8 Å². The van der Waals surface area contributed by atoms with Gasteiger partial charge >= 0.3 is 0 Å². The van der Waals surface area contributed by atoms with E-state index in [-0.39, 0.29) is 0 Å². The van der Waals surface area contributed by atoms with Gasteiger partial charge in [-0.05, 0) is 48.0 Å². The molecule has 3 rings (SSSR count). The second kappa shape index (κ2) is 5.97. The van der Waals surface area contributed by atoms with Crippen LogP contribution in [-0.4, -0.2) is 0 Å². The van der Waals surface area contributed by atoms with Gasteiger partial charge in [0.15, 0.2) is 0 Å². The van der Waals surface area contributed by atoms with Gasteiger partial charge in [-0.15, -0.1) is 11.8 Å². The van der Waals surface area contributed by atoms with Gasteiger partial charge in [-0.2, -0.15) is 0 Å². The lowest BCUT2D eigenvalue weighted by Crippen LogP contribution is -2.23. The van der Waals surface area contributed by atoms with E-state index in [1.807, 2.05) is 0 Å². The molecule has 1 aromatic carbocycles. The molecular weight excluding hydrogens is 236 g/mol. The van der Waals surface area contributed by atoms with Crippen molar-refractivity contribution < 1.29 is 0 Å². The van der Waals surface area contributed by atoms with Gasteiger partial charge < -0.3 is 0 Å². The predicted molar refractivity (Wildman–Crippen MR) is 80.5 cm³/mol. The first-order valence-corrected chi connectivity index (χ1v) is 8.29. The van der Waals surface area contributed by atoms with E-state index in [9.17, 15) is 0 Å². The van der Waals surface area contributed by atoms with Crippen LogP contribution in [0.3, 0.4) is 0 Å². The molecule has 1 aromatic rings. The summed E-state index contributed by atoms with van der Waals surface area (Å²) in [6.07, 6.45) is 11.1. The van der Waals surface area contributed by atoms with E-state index < -0.39 is 0 Å². The summed E-state index contributed by atoms with van der Waals surface area (Å²) in [5.74, 6) is 3.05. The van der Waals surface area contributed by atoms with Crippen LogP contribution in [0.1, 0.15) is 44.1 Å². The summed E-state index contributed by atoms with van der Waals surface area (Å²) in [7, 11) is 0. The van der Waals surface area contributed by atoms with Crippen molar-refractivity contribution in [1.82, 2.24) is 0 Å². The summed E-state index contributed by atoms with van der Waals surface area (Å²) < 4.78 is 0. The summed E-state index contributed by atoms with van der Waals surface area (Å²) >= 11 is 2.10. The Morgan fingerprint density at radius 2 is 1.83 bits per heavy atom. The first-order valence-electron chi connectivity index (χ1n) is 7.30. The minimum atomic E-state index is 0.904.